The normalized spacial score (nSPS) is 14.5. The third kappa shape index (κ3) is 4.63. The Bertz CT molecular complexity index is 1190. The number of piperazine rings is 1. The molecular weight excluding hydrogens is 458 g/mol. The number of halogens is 1. The zero-order valence-electron chi connectivity index (χ0n) is 16.4. The van der Waals surface area contributed by atoms with Crippen LogP contribution in [0.25, 0.3) is 0 Å². The summed E-state index contributed by atoms with van der Waals surface area (Å²) in [7, 11) is -3.81. The zero-order valence-corrected chi connectivity index (χ0v) is 18.8. The molecule has 1 saturated heterocycles. The summed E-state index contributed by atoms with van der Waals surface area (Å²) < 4.78 is 28.3. The van der Waals surface area contributed by atoms with Crippen molar-refractivity contribution in [3.05, 3.63) is 70.6 Å². The van der Waals surface area contributed by atoms with Crippen LogP contribution in [0.2, 0.25) is 5.02 Å². The highest BCUT2D eigenvalue weighted by atomic mass is 35.5. The molecule has 2 N–H and O–H groups in total. The maximum atomic E-state index is 12.8. The Morgan fingerprint density at radius 1 is 0.968 bits per heavy atom. The number of thiophene rings is 1. The standard InChI is InChI=1S/C21H20ClN3O4S2/c22-16-4-1-2-5-18(16)24-9-11-25(12-10-24)19-8-7-15(21(26)27)14-17(19)23-31(28,29)20-6-3-13-30-20/h1-8,13-14,23H,9-12H2,(H,26,27). The number of carboxylic acids is 1. The maximum absolute atomic E-state index is 12.8. The van der Waals surface area contributed by atoms with Gasteiger partial charge in [-0.15, -0.1) is 11.3 Å². The molecule has 1 aliphatic heterocycles. The summed E-state index contributed by atoms with van der Waals surface area (Å²) >= 11 is 7.42. The van der Waals surface area contributed by atoms with Crippen molar-refractivity contribution < 1.29 is 18.3 Å². The van der Waals surface area contributed by atoms with E-state index in [1.807, 2.05) is 29.2 Å². The van der Waals surface area contributed by atoms with Gasteiger partial charge in [-0.2, -0.15) is 0 Å². The Labute approximate surface area is 189 Å². The molecule has 0 atom stereocenters. The van der Waals surface area contributed by atoms with Gasteiger partial charge >= 0.3 is 5.97 Å². The average Bonchev–Trinajstić information content (AvgIpc) is 3.30. The lowest BCUT2D eigenvalue weighted by Crippen LogP contribution is -2.46. The fraction of sp³-hybridized carbons (Fsp3) is 0.190. The maximum Gasteiger partial charge on any atom is 0.335 e. The van der Waals surface area contributed by atoms with Crippen LogP contribution < -0.4 is 14.5 Å². The van der Waals surface area contributed by atoms with E-state index in [0.29, 0.717) is 36.9 Å². The van der Waals surface area contributed by atoms with E-state index in [1.54, 1.807) is 17.5 Å². The van der Waals surface area contributed by atoms with Crippen LogP contribution in [-0.4, -0.2) is 45.7 Å². The summed E-state index contributed by atoms with van der Waals surface area (Å²) in [4.78, 5) is 15.7. The van der Waals surface area contributed by atoms with Crippen molar-refractivity contribution >= 4 is 56.0 Å². The molecule has 31 heavy (non-hydrogen) atoms. The summed E-state index contributed by atoms with van der Waals surface area (Å²) in [6.07, 6.45) is 0. The van der Waals surface area contributed by atoms with Crippen molar-refractivity contribution in [2.75, 3.05) is 40.7 Å². The van der Waals surface area contributed by atoms with Crippen LogP contribution in [0.5, 0.6) is 0 Å². The predicted molar refractivity (Wildman–Crippen MR) is 124 cm³/mol. The molecule has 0 radical (unpaired) electrons. The molecule has 1 aliphatic rings. The second-order valence-electron chi connectivity index (χ2n) is 7.00. The SMILES string of the molecule is O=C(O)c1ccc(N2CCN(c3ccccc3Cl)CC2)c(NS(=O)(=O)c2cccs2)c1. The monoisotopic (exact) mass is 477 g/mol. The summed E-state index contributed by atoms with van der Waals surface area (Å²) in [5.41, 5.74) is 1.87. The van der Waals surface area contributed by atoms with E-state index in [9.17, 15) is 18.3 Å². The van der Waals surface area contributed by atoms with Crippen molar-refractivity contribution in [1.29, 1.82) is 0 Å². The Morgan fingerprint density at radius 2 is 1.65 bits per heavy atom. The molecule has 3 aromatic rings. The van der Waals surface area contributed by atoms with Gasteiger partial charge in [0.15, 0.2) is 0 Å². The van der Waals surface area contributed by atoms with Crippen LogP contribution in [-0.2, 0) is 10.0 Å². The van der Waals surface area contributed by atoms with E-state index in [-0.39, 0.29) is 15.5 Å². The van der Waals surface area contributed by atoms with Crippen LogP contribution in [0.15, 0.2) is 64.2 Å². The summed E-state index contributed by atoms with van der Waals surface area (Å²) in [6, 6.07) is 15.3. The van der Waals surface area contributed by atoms with Crippen molar-refractivity contribution in [3.8, 4) is 0 Å². The number of para-hydroxylation sites is 1. The Hall–Kier alpha value is -2.75. The molecule has 162 valence electrons. The van der Waals surface area contributed by atoms with Gasteiger partial charge in [-0.05, 0) is 41.8 Å². The van der Waals surface area contributed by atoms with Crippen LogP contribution in [0.1, 0.15) is 10.4 Å². The topological polar surface area (TPSA) is 89.9 Å². The van der Waals surface area contributed by atoms with Crippen molar-refractivity contribution in [2.24, 2.45) is 0 Å². The molecule has 0 spiro atoms. The number of hydrogen-bond donors (Lipinski definition) is 2. The number of hydrogen-bond acceptors (Lipinski definition) is 6. The summed E-state index contributed by atoms with van der Waals surface area (Å²) in [5.74, 6) is -1.12. The minimum Gasteiger partial charge on any atom is -0.478 e. The molecule has 1 fully saturated rings. The Kier molecular flexibility index (Phi) is 6.08. The van der Waals surface area contributed by atoms with E-state index >= 15 is 0 Å². The van der Waals surface area contributed by atoms with Gasteiger partial charge in [-0.1, -0.05) is 29.8 Å². The fourth-order valence-electron chi connectivity index (χ4n) is 3.53. The molecule has 0 unspecified atom stereocenters. The fourth-order valence-corrected chi connectivity index (χ4v) is 5.85. The van der Waals surface area contributed by atoms with Gasteiger partial charge < -0.3 is 14.9 Å². The molecule has 0 bridgehead atoms. The lowest BCUT2D eigenvalue weighted by atomic mass is 10.1. The molecule has 1 aromatic heterocycles. The number of carboxylic acid groups (broad SMARTS) is 1. The molecule has 10 heteroatoms. The molecule has 0 amide bonds. The molecule has 2 aromatic carbocycles. The van der Waals surface area contributed by atoms with Gasteiger partial charge in [0.05, 0.1) is 27.6 Å². The van der Waals surface area contributed by atoms with Gasteiger partial charge in [-0.25, -0.2) is 13.2 Å². The minimum atomic E-state index is -3.81. The number of sulfonamides is 1. The molecular formula is C21H20ClN3O4S2. The number of rotatable bonds is 6. The summed E-state index contributed by atoms with van der Waals surface area (Å²) in [5, 5.41) is 11.7. The van der Waals surface area contributed by atoms with Gasteiger partial charge in [0.1, 0.15) is 4.21 Å². The molecule has 2 heterocycles. The van der Waals surface area contributed by atoms with E-state index < -0.39 is 16.0 Å². The number of anilines is 3. The summed E-state index contributed by atoms with van der Waals surface area (Å²) in [6.45, 7) is 2.65. The largest absolute Gasteiger partial charge is 0.478 e. The highest BCUT2D eigenvalue weighted by Gasteiger charge is 2.24. The minimum absolute atomic E-state index is 0.0160. The highest BCUT2D eigenvalue weighted by Crippen LogP contribution is 2.33. The number of benzene rings is 2. The van der Waals surface area contributed by atoms with Crippen LogP contribution >= 0.6 is 22.9 Å². The van der Waals surface area contributed by atoms with Gasteiger partial charge in [-0.3, -0.25) is 4.72 Å². The van der Waals surface area contributed by atoms with E-state index in [0.717, 1.165) is 17.0 Å². The van der Waals surface area contributed by atoms with E-state index in [4.69, 9.17) is 11.6 Å². The highest BCUT2D eigenvalue weighted by molar-refractivity contribution is 7.94. The lowest BCUT2D eigenvalue weighted by Gasteiger charge is -2.38. The average molecular weight is 478 g/mol. The quantitative estimate of drug-likeness (QED) is 0.552. The van der Waals surface area contributed by atoms with Crippen LogP contribution in [0.4, 0.5) is 17.1 Å². The van der Waals surface area contributed by atoms with E-state index in [2.05, 4.69) is 9.62 Å². The second-order valence-corrected chi connectivity index (χ2v) is 10.3. The van der Waals surface area contributed by atoms with Gasteiger partial charge in [0, 0.05) is 26.2 Å². The van der Waals surface area contributed by atoms with Crippen molar-refractivity contribution in [2.45, 2.75) is 4.21 Å². The smallest absolute Gasteiger partial charge is 0.335 e. The third-order valence-corrected chi connectivity index (χ3v) is 8.14. The third-order valence-electron chi connectivity index (χ3n) is 5.06. The first kappa shape index (κ1) is 21.5. The Balaban J connectivity index is 1.60. The second kappa shape index (κ2) is 8.78. The molecule has 0 saturated carbocycles. The van der Waals surface area contributed by atoms with Crippen LogP contribution in [0.3, 0.4) is 0 Å². The first-order valence-corrected chi connectivity index (χ1v) is 12.3. The zero-order chi connectivity index (χ0) is 22.0. The number of nitrogens with zero attached hydrogens (tertiary/aromatic N) is 2. The van der Waals surface area contributed by atoms with Gasteiger partial charge in [0.25, 0.3) is 10.0 Å². The van der Waals surface area contributed by atoms with Crippen molar-refractivity contribution in [3.63, 3.8) is 0 Å². The van der Waals surface area contributed by atoms with Crippen molar-refractivity contribution in [1.82, 2.24) is 0 Å². The number of aromatic carboxylic acids is 1. The first-order chi connectivity index (χ1) is 14.8. The predicted octanol–water partition coefficient (Wildman–Crippen LogP) is 4.23. The first-order valence-electron chi connectivity index (χ1n) is 9.53. The van der Waals surface area contributed by atoms with E-state index in [1.165, 1.54) is 18.2 Å². The lowest BCUT2D eigenvalue weighted by molar-refractivity contribution is 0.0697. The molecule has 7 nitrogen and oxygen atoms in total. The molecule has 4 rings (SSSR count). The number of nitrogens with one attached hydrogen (secondary N) is 1. The van der Waals surface area contributed by atoms with Crippen LogP contribution in [0, 0.1) is 0 Å². The number of carbonyl (C=O) groups is 1. The van der Waals surface area contributed by atoms with Gasteiger partial charge in [0.2, 0.25) is 0 Å². The molecule has 0 aliphatic carbocycles. The Morgan fingerprint density at radius 3 is 2.26 bits per heavy atom.